The molecule has 1 rings (SSSR count). The molecule has 0 aromatic heterocycles. The van der Waals surface area contributed by atoms with E-state index in [2.05, 4.69) is 5.32 Å². The molecule has 1 atom stereocenters. The standard InChI is InChI=1S/C13H28N2O4S/c1-3-19-10-11-20(16,17)15-8-5-4-6-13(15)12-14-7-9-18-2/h13-14H,3-12H2,1-2H3. The lowest BCUT2D eigenvalue weighted by atomic mass is 10.1. The molecule has 0 aromatic carbocycles. The quantitative estimate of drug-likeness (QED) is 0.593. The zero-order valence-electron chi connectivity index (χ0n) is 12.6. The first kappa shape index (κ1) is 17.8. The van der Waals surface area contributed by atoms with Crippen LogP contribution in [0.3, 0.4) is 0 Å². The average molecular weight is 308 g/mol. The van der Waals surface area contributed by atoms with E-state index >= 15 is 0 Å². The van der Waals surface area contributed by atoms with Crippen LogP contribution in [0, 0.1) is 0 Å². The van der Waals surface area contributed by atoms with Crippen molar-refractivity contribution >= 4 is 10.0 Å². The summed E-state index contributed by atoms with van der Waals surface area (Å²) in [5, 5.41) is 3.26. The summed E-state index contributed by atoms with van der Waals surface area (Å²) in [6.45, 7) is 5.42. The molecule has 120 valence electrons. The van der Waals surface area contributed by atoms with E-state index in [9.17, 15) is 8.42 Å². The third kappa shape index (κ3) is 6.05. The van der Waals surface area contributed by atoms with Crippen molar-refractivity contribution in [2.24, 2.45) is 0 Å². The van der Waals surface area contributed by atoms with Crippen molar-refractivity contribution in [3.63, 3.8) is 0 Å². The highest BCUT2D eigenvalue weighted by atomic mass is 32.2. The van der Waals surface area contributed by atoms with Gasteiger partial charge in [-0.3, -0.25) is 0 Å². The fraction of sp³-hybridized carbons (Fsp3) is 1.00. The number of ether oxygens (including phenoxy) is 2. The van der Waals surface area contributed by atoms with Crippen molar-refractivity contribution < 1.29 is 17.9 Å². The lowest BCUT2D eigenvalue weighted by molar-refractivity contribution is 0.160. The Bertz CT molecular complexity index is 348. The van der Waals surface area contributed by atoms with Crippen molar-refractivity contribution in [3.05, 3.63) is 0 Å². The van der Waals surface area contributed by atoms with E-state index in [1.54, 1.807) is 11.4 Å². The van der Waals surface area contributed by atoms with Crippen LogP contribution in [0.4, 0.5) is 0 Å². The summed E-state index contributed by atoms with van der Waals surface area (Å²) in [5.74, 6) is 0.0788. The minimum absolute atomic E-state index is 0.0623. The molecule has 0 bridgehead atoms. The predicted molar refractivity (Wildman–Crippen MR) is 79.4 cm³/mol. The van der Waals surface area contributed by atoms with Crippen LogP contribution in [0.5, 0.6) is 0 Å². The molecule has 0 saturated carbocycles. The summed E-state index contributed by atoms with van der Waals surface area (Å²) >= 11 is 0. The summed E-state index contributed by atoms with van der Waals surface area (Å²) in [5.41, 5.74) is 0. The Balaban J connectivity index is 2.49. The average Bonchev–Trinajstić information content (AvgIpc) is 2.44. The maximum absolute atomic E-state index is 12.4. The highest BCUT2D eigenvalue weighted by Gasteiger charge is 2.31. The van der Waals surface area contributed by atoms with Gasteiger partial charge in [0, 0.05) is 39.4 Å². The smallest absolute Gasteiger partial charge is 0.216 e. The van der Waals surface area contributed by atoms with Gasteiger partial charge in [0.1, 0.15) is 0 Å². The maximum Gasteiger partial charge on any atom is 0.216 e. The number of piperidine rings is 1. The van der Waals surface area contributed by atoms with Gasteiger partial charge in [-0.05, 0) is 19.8 Å². The van der Waals surface area contributed by atoms with E-state index in [-0.39, 0.29) is 18.4 Å². The maximum atomic E-state index is 12.4. The van der Waals surface area contributed by atoms with E-state index in [0.717, 1.165) is 25.8 Å². The SMILES string of the molecule is CCOCCS(=O)(=O)N1CCCCC1CNCCOC. The number of hydrogen-bond acceptors (Lipinski definition) is 5. The Kier molecular flexibility index (Phi) is 8.63. The topological polar surface area (TPSA) is 67.9 Å². The third-order valence-electron chi connectivity index (χ3n) is 3.48. The van der Waals surface area contributed by atoms with Crippen molar-refractivity contribution in [2.75, 3.05) is 52.3 Å². The Morgan fingerprint density at radius 1 is 1.30 bits per heavy atom. The summed E-state index contributed by atoms with van der Waals surface area (Å²) in [6, 6.07) is 0.0623. The second-order valence-electron chi connectivity index (χ2n) is 4.97. The molecule has 1 aliphatic rings. The largest absolute Gasteiger partial charge is 0.383 e. The number of methoxy groups -OCH3 is 1. The first-order valence-electron chi connectivity index (χ1n) is 7.38. The zero-order chi connectivity index (χ0) is 14.8. The van der Waals surface area contributed by atoms with Crippen LogP contribution in [0.2, 0.25) is 0 Å². The number of nitrogens with one attached hydrogen (secondary N) is 1. The van der Waals surface area contributed by atoms with Gasteiger partial charge in [-0.15, -0.1) is 0 Å². The molecular weight excluding hydrogens is 280 g/mol. The Hall–Kier alpha value is -0.210. The molecule has 0 spiro atoms. The summed E-state index contributed by atoms with van der Waals surface area (Å²) in [4.78, 5) is 0. The van der Waals surface area contributed by atoms with Gasteiger partial charge in [-0.1, -0.05) is 6.42 Å². The van der Waals surface area contributed by atoms with Crippen LogP contribution in [-0.2, 0) is 19.5 Å². The Morgan fingerprint density at radius 2 is 2.10 bits per heavy atom. The fourth-order valence-corrected chi connectivity index (χ4v) is 4.02. The van der Waals surface area contributed by atoms with Gasteiger partial charge in [0.25, 0.3) is 0 Å². The van der Waals surface area contributed by atoms with Crippen LogP contribution in [0.1, 0.15) is 26.2 Å². The molecule has 0 aliphatic carbocycles. The molecular formula is C13H28N2O4S. The van der Waals surface area contributed by atoms with Gasteiger partial charge in [-0.2, -0.15) is 4.31 Å². The molecule has 1 heterocycles. The highest BCUT2D eigenvalue weighted by Crippen LogP contribution is 2.20. The van der Waals surface area contributed by atoms with E-state index in [0.29, 0.717) is 26.3 Å². The first-order chi connectivity index (χ1) is 9.61. The molecule has 20 heavy (non-hydrogen) atoms. The second-order valence-corrected chi connectivity index (χ2v) is 7.01. The Labute approximate surface area is 122 Å². The van der Waals surface area contributed by atoms with Gasteiger partial charge >= 0.3 is 0 Å². The third-order valence-corrected chi connectivity index (χ3v) is 5.36. The van der Waals surface area contributed by atoms with Gasteiger partial charge in [-0.25, -0.2) is 8.42 Å². The van der Waals surface area contributed by atoms with Crippen molar-refractivity contribution in [3.8, 4) is 0 Å². The lowest BCUT2D eigenvalue weighted by Crippen LogP contribution is -2.49. The van der Waals surface area contributed by atoms with Crippen LogP contribution >= 0.6 is 0 Å². The molecule has 1 aliphatic heterocycles. The number of sulfonamides is 1. The molecule has 0 amide bonds. The summed E-state index contributed by atoms with van der Waals surface area (Å²) in [6.07, 6.45) is 2.96. The van der Waals surface area contributed by atoms with Gasteiger partial charge in [0.15, 0.2) is 0 Å². The molecule has 1 unspecified atom stereocenters. The van der Waals surface area contributed by atoms with Crippen LogP contribution in [-0.4, -0.2) is 71.1 Å². The molecule has 1 fully saturated rings. The van der Waals surface area contributed by atoms with E-state index in [4.69, 9.17) is 9.47 Å². The molecule has 6 nitrogen and oxygen atoms in total. The van der Waals surface area contributed by atoms with Gasteiger partial charge < -0.3 is 14.8 Å². The van der Waals surface area contributed by atoms with Gasteiger partial charge in [0.05, 0.1) is 19.0 Å². The first-order valence-corrected chi connectivity index (χ1v) is 8.99. The van der Waals surface area contributed by atoms with E-state index in [1.165, 1.54) is 0 Å². The molecule has 0 radical (unpaired) electrons. The van der Waals surface area contributed by atoms with Crippen molar-refractivity contribution in [1.29, 1.82) is 0 Å². The predicted octanol–water partition coefficient (Wildman–Crippen LogP) is 0.443. The van der Waals surface area contributed by atoms with Crippen molar-refractivity contribution in [1.82, 2.24) is 9.62 Å². The minimum atomic E-state index is -3.21. The summed E-state index contributed by atoms with van der Waals surface area (Å²) < 4.78 is 36.5. The van der Waals surface area contributed by atoms with Crippen LogP contribution in [0.15, 0.2) is 0 Å². The molecule has 0 aromatic rings. The van der Waals surface area contributed by atoms with E-state index in [1.807, 2.05) is 6.92 Å². The fourth-order valence-electron chi connectivity index (χ4n) is 2.41. The van der Waals surface area contributed by atoms with Crippen LogP contribution in [0.25, 0.3) is 0 Å². The van der Waals surface area contributed by atoms with Gasteiger partial charge in [0.2, 0.25) is 10.0 Å². The minimum Gasteiger partial charge on any atom is -0.383 e. The Morgan fingerprint density at radius 3 is 2.80 bits per heavy atom. The number of nitrogens with zero attached hydrogens (tertiary/aromatic N) is 1. The number of rotatable bonds is 10. The lowest BCUT2D eigenvalue weighted by Gasteiger charge is -2.34. The molecule has 1 saturated heterocycles. The highest BCUT2D eigenvalue weighted by molar-refractivity contribution is 7.89. The second kappa shape index (κ2) is 9.68. The van der Waals surface area contributed by atoms with Crippen molar-refractivity contribution in [2.45, 2.75) is 32.2 Å². The monoisotopic (exact) mass is 308 g/mol. The zero-order valence-corrected chi connectivity index (χ0v) is 13.5. The molecule has 1 N–H and O–H groups in total. The van der Waals surface area contributed by atoms with Crippen LogP contribution < -0.4 is 5.32 Å². The molecule has 7 heteroatoms. The normalized spacial score (nSPS) is 21.2. The summed E-state index contributed by atoms with van der Waals surface area (Å²) in [7, 11) is -1.55. The van der Waals surface area contributed by atoms with E-state index < -0.39 is 10.0 Å². The number of hydrogen-bond donors (Lipinski definition) is 1.